The van der Waals surface area contributed by atoms with Crippen molar-refractivity contribution in [3.63, 3.8) is 0 Å². The third-order valence-electron chi connectivity index (χ3n) is 2.85. The predicted molar refractivity (Wildman–Crippen MR) is 70.7 cm³/mol. The maximum absolute atomic E-state index is 6.02. The lowest BCUT2D eigenvalue weighted by Crippen LogP contribution is -1.91. The Morgan fingerprint density at radius 2 is 1.94 bits per heavy atom. The van der Waals surface area contributed by atoms with Crippen LogP contribution in [0.1, 0.15) is 5.56 Å². The molecule has 0 radical (unpaired) electrons. The molecule has 84 valence electrons. The number of fused-ring (bicyclic) bond motifs is 1. The van der Waals surface area contributed by atoms with Crippen molar-refractivity contribution in [2.75, 3.05) is 5.73 Å². The summed E-state index contributed by atoms with van der Waals surface area (Å²) in [7, 11) is 0. The van der Waals surface area contributed by atoms with Crippen LogP contribution in [0.3, 0.4) is 0 Å². The van der Waals surface area contributed by atoms with Crippen LogP contribution in [-0.2, 0) is 0 Å². The molecule has 0 saturated heterocycles. The second-order valence-electron chi connectivity index (χ2n) is 4.19. The van der Waals surface area contributed by atoms with Gasteiger partial charge in [-0.2, -0.15) is 0 Å². The van der Waals surface area contributed by atoms with Crippen LogP contribution in [0.5, 0.6) is 0 Å². The van der Waals surface area contributed by atoms with Gasteiger partial charge in [-0.05, 0) is 36.8 Å². The number of nitrogen functional groups attached to an aromatic ring is 1. The summed E-state index contributed by atoms with van der Waals surface area (Å²) in [5.74, 6) is 0.823. The minimum Gasteiger partial charge on any atom is -0.398 e. The summed E-state index contributed by atoms with van der Waals surface area (Å²) in [4.78, 5) is 7.82. The van der Waals surface area contributed by atoms with Gasteiger partial charge < -0.3 is 10.7 Å². The number of imidazole rings is 1. The fourth-order valence-corrected chi connectivity index (χ4v) is 1.98. The van der Waals surface area contributed by atoms with Crippen molar-refractivity contribution in [3.8, 4) is 11.4 Å². The molecule has 0 unspecified atom stereocenters. The Balaban J connectivity index is 2.20. The van der Waals surface area contributed by atoms with Crippen molar-refractivity contribution in [1.82, 2.24) is 9.97 Å². The lowest BCUT2D eigenvalue weighted by Gasteiger charge is -2.02. The van der Waals surface area contributed by atoms with Crippen LogP contribution in [-0.4, -0.2) is 9.97 Å². The number of benzene rings is 2. The first kappa shape index (κ1) is 9.90. The van der Waals surface area contributed by atoms with E-state index in [0.717, 1.165) is 33.7 Å². The summed E-state index contributed by atoms with van der Waals surface area (Å²) < 4.78 is 0. The van der Waals surface area contributed by atoms with E-state index in [-0.39, 0.29) is 0 Å². The number of rotatable bonds is 1. The van der Waals surface area contributed by atoms with Crippen LogP contribution in [0.25, 0.3) is 22.4 Å². The summed E-state index contributed by atoms with van der Waals surface area (Å²) in [6.45, 7) is 2.03. The number of hydrogen-bond donors (Lipinski definition) is 2. The Labute approximate surface area is 99.3 Å². The van der Waals surface area contributed by atoms with Crippen LogP contribution in [0.2, 0.25) is 0 Å². The Bertz CT molecular complexity index is 650. The number of H-pyrrole nitrogens is 1. The third-order valence-corrected chi connectivity index (χ3v) is 2.85. The zero-order valence-electron chi connectivity index (χ0n) is 9.57. The largest absolute Gasteiger partial charge is 0.398 e. The van der Waals surface area contributed by atoms with Crippen molar-refractivity contribution < 1.29 is 0 Å². The zero-order valence-corrected chi connectivity index (χ0v) is 9.57. The fraction of sp³-hybridized carbons (Fsp3) is 0.0714. The molecule has 3 heteroatoms. The highest BCUT2D eigenvalue weighted by Gasteiger charge is 2.07. The molecule has 0 aliphatic heterocycles. The van der Waals surface area contributed by atoms with Crippen molar-refractivity contribution in [1.29, 1.82) is 0 Å². The summed E-state index contributed by atoms with van der Waals surface area (Å²) in [6.07, 6.45) is 0. The number of aromatic nitrogens is 2. The molecule has 0 spiro atoms. The first-order valence-electron chi connectivity index (χ1n) is 5.55. The van der Waals surface area contributed by atoms with Gasteiger partial charge in [-0.3, -0.25) is 0 Å². The smallest absolute Gasteiger partial charge is 0.140 e. The molecule has 0 atom stereocenters. The summed E-state index contributed by atoms with van der Waals surface area (Å²) in [5.41, 5.74) is 10.9. The molecule has 3 N–H and O–H groups in total. The van der Waals surface area contributed by atoms with E-state index in [1.807, 2.05) is 49.4 Å². The van der Waals surface area contributed by atoms with Gasteiger partial charge >= 0.3 is 0 Å². The van der Waals surface area contributed by atoms with E-state index in [9.17, 15) is 0 Å². The van der Waals surface area contributed by atoms with E-state index in [0.29, 0.717) is 0 Å². The topological polar surface area (TPSA) is 54.7 Å². The molecule has 0 bridgehead atoms. The molecule has 1 heterocycles. The van der Waals surface area contributed by atoms with Crippen molar-refractivity contribution in [2.24, 2.45) is 0 Å². The second-order valence-corrected chi connectivity index (χ2v) is 4.19. The molecular weight excluding hydrogens is 210 g/mol. The van der Waals surface area contributed by atoms with E-state index in [1.54, 1.807) is 0 Å². The molecule has 0 saturated carbocycles. The van der Waals surface area contributed by atoms with Crippen molar-refractivity contribution in [2.45, 2.75) is 6.92 Å². The highest BCUT2D eigenvalue weighted by Crippen LogP contribution is 2.26. The first-order chi connectivity index (χ1) is 8.24. The van der Waals surface area contributed by atoms with Gasteiger partial charge in [0.15, 0.2) is 0 Å². The van der Waals surface area contributed by atoms with Gasteiger partial charge in [0.2, 0.25) is 0 Å². The van der Waals surface area contributed by atoms with Gasteiger partial charge in [0.05, 0.1) is 11.0 Å². The van der Waals surface area contributed by atoms with E-state index in [4.69, 9.17) is 5.73 Å². The molecule has 3 aromatic rings. The molecule has 17 heavy (non-hydrogen) atoms. The molecule has 0 amide bonds. The SMILES string of the molecule is Cc1ccc(-c2nc3ccccc3[nH]2)c(N)c1. The van der Waals surface area contributed by atoms with E-state index >= 15 is 0 Å². The number of aryl methyl sites for hydroxylation is 1. The normalized spacial score (nSPS) is 10.9. The third kappa shape index (κ3) is 1.65. The lowest BCUT2D eigenvalue weighted by molar-refractivity contribution is 1.33. The molecule has 1 aromatic heterocycles. The highest BCUT2D eigenvalue weighted by molar-refractivity contribution is 5.82. The fourth-order valence-electron chi connectivity index (χ4n) is 1.98. The predicted octanol–water partition coefficient (Wildman–Crippen LogP) is 3.12. The monoisotopic (exact) mass is 223 g/mol. The van der Waals surface area contributed by atoms with Gasteiger partial charge in [-0.1, -0.05) is 18.2 Å². The average molecular weight is 223 g/mol. The van der Waals surface area contributed by atoms with E-state index in [2.05, 4.69) is 9.97 Å². The van der Waals surface area contributed by atoms with E-state index in [1.165, 1.54) is 0 Å². The molecule has 2 aromatic carbocycles. The first-order valence-corrected chi connectivity index (χ1v) is 5.55. The zero-order chi connectivity index (χ0) is 11.8. The maximum Gasteiger partial charge on any atom is 0.140 e. The minimum absolute atomic E-state index is 0.754. The van der Waals surface area contributed by atoms with Crippen molar-refractivity contribution in [3.05, 3.63) is 48.0 Å². The standard InChI is InChI=1S/C14H13N3/c1-9-6-7-10(11(15)8-9)14-16-12-4-2-3-5-13(12)17-14/h2-8H,15H2,1H3,(H,16,17). The lowest BCUT2D eigenvalue weighted by atomic mass is 10.1. The maximum atomic E-state index is 6.02. The van der Waals surface area contributed by atoms with Crippen LogP contribution >= 0.6 is 0 Å². The van der Waals surface area contributed by atoms with Gasteiger partial charge in [0.1, 0.15) is 5.82 Å². The Kier molecular flexibility index (Phi) is 2.11. The van der Waals surface area contributed by atoms with Gasteiger partial charge in [-0.15, -0.1) is 0 Å². The molecule has 3 rings (SSSR count). The van der Waals surface area contributed by atoms with Gasteiger partial charge in [-0.25, -0.2) is 4.98 Å². The second kappa shape index (κ2) is 3.63. The number of hydrogen-bond acceptors (Lipinski definition) is 2. The number of aromatic amines is 1. The molecule has 3 nitrogen and oxygen atoms in total. The quantitative estimate of drug-likeness (QED) is 0.623. The molecule has 0 aliphatic carbocycles. The average Bonchev–Trinajstić information content (AvgIpc) is 2.72. The number of nitrogens with zero attached hydrogens (tertiary/aromatic N) is 1. The highest BCUT2D eigenvalue weighted by atomic mass is 14.9. The van der Waals surface area contributed by atoms with Crippen molar-refractivity contribution >= 4 is 16.7 Å². The minimum atomic E-state index is 0.754. The van der Waals surface area contributed by atoms with Crippen LogP contribution in [0.4, 0.5) is 5.69 Å². The van der Waals surface area contributed by atoms with Crippen LogP contribution < -0.4 is 5.73 Å². The molecule has 0 fully saturated rings. The number of para-hydroxylation sites is 2. The Hall–Kier alpha value is -2.29. The molecule has 0 aliphatic rings. The molecular formula is C14H13N3. The summed E-state index contributed by atoms with van der Waals surface area (Å²) >= 11 is 0. The Morgan fingerprint density at radius 1 is 1.12 bits per heavy atom. The van der Waals surface area contributed by atoms with Crippen LogP contribution in [0.15, 0.2) is 42.5 Å². The summed E-state index contributed by atoms with van der Waals surface area (Å²) in [6, 6.07) is 14.0. The Morgan fingerprint density at radius 3 is 2.71 bits per heavy atom. The van der Waals surface area contributed by atoms with E-state index < -0.39 is 0 Å². The summed E-state index contributed by atoms with van der Waals surface area (Å²) in [5, 5.41) is 0. The van der Waals surface area contributed by atoms with Crippen LogP contribution in [0, 0.1) is 6.92 Å². The van der Waals surface area contributed by atoms with Gasteiger partial charge in [0.25, 0.3) is 0 Å². The number of nitrogens with one attached hydrogen (secondary N) is 1. The van der Waals surface area contributed by atoms with Gasteiger partial charge in [0, 0.05) is 11.3 Å². The number of nitrogens with two attached hydrogens (primary N) is 1. The number of anilines is 1.